The molecule has 1 saturated heterocycles. The van der Waals surface area contributed by atoms with E-state index >= 15 is 0 Å². The monoisotopic (exact) mass is 423 g/mol. The van der Waals surface area contributed by atoms with Crippen LogP contribution in [-0.2, 0) is 9.59 Å². The summed E-state index contributed by atoms with van der Waals surface area (Å²) in [5.74, 6) is -0.795. The second kappa shape index (κ2) is 10.4. The Morgan fingerprint density at radius 2 is 1.55 bits per heavy atom. The van der Waals surface area contributed by atoms with Crippen molar-refractivity contribution in [2.24, 2.45) is 0 Å². The van der Waals surface area contributed by atoms with Crippen molar-refractivity contribution in [1.82, 2.24) is 15.1 Å². The van der Waals surface area contributed by atoms with E-state index in [2.05, 4.69) is 5.32 Å². The number of esters is 1. The Hall–Kier alpha value is -3.68. The smallest absolute Gasteiger partial charge is 0.308 e. The average molecular weight is 423 g/mol. The van der Waals surface area contributed by atoms with Gasteiger partial charge in [-0.3, -0.25) is 19.2 Å². The van der Waals surface area contributed by atoms with Crippen molar-refractivity contribution < 1.29 is 23.9 Å². The van der Waals surface area contributed by atoms with E-state index in [9.17, 15) is 19.2 Å². The molecule has 2 aromatic rings. The van der Waals surface area contributed by atoms with Crippen LogP contribution in [0.1, 0.15) is 34.1 Å². The minimum Gasteiger partial charge on any atom is -0.427 e. The van der Waals surface area contributed by atoms with Gasteiger partial charge in [-0.25, -0.2) is 0 Å². The molecule has 0 aliphatic carbocycles. The van der Waals surface area contributed by atoms with Gasteiger partial charge in [-0.1, -0.05) is 24.3 Å². The first-order valence-electron chi connectivity index (χ1n) is 10.1. The van der Waals surface area contributed by atoms with Crippen LogP contribution in [0.4, 0.5) is 0 Å². The summed E-state index contributed by atoms with van der Waals surface area (Å²) >= 11 is 0. The quantitative estimate of drug-likeness (QED) is 0.584. The number of hydrogen-bond acceptors (Lipinski definition) is 5. The molecule has 3 rings (SSSR count). The van der Waals surface area contributed by atoms with Crippen LogP contribution in [0.15, 0.2) is 54.6 Å². The van der Waals surface area contributed by atoms with Gasteiger partial charge in [-0.05, 0) is 36.8 Å². The zero-order valence-corrected chi connectivity index (χ0v) is 17.4. The number of rotatable bonds is 5. The summed E-state index contributed by atoms with van der Waals surface area (Å²) in [6.45, 7) is 3.00. The van der Waals surface area contributed by atoms with E-state index in [1.807, 2.05) is 6.07 Å². The lowest BCUT2D eigenvalue weighted by molar-refractivity contribution is -0.132. The second-order valence-corrected chi connectivity index (χ2v) is 7.20. The van der Waals surface area contributed by atoms with Crippen LogP contribution in [0.2, 0.25) is 0 Å². The number of carbonyl (C=O) groups excluding carboxylic acids is 4. The number of hydrogen-bond donors (Lipinski definition) is 1. The summed E-state index contributed by atoms with van der Waals surface area (Å²) < 4.78 is 5.05. The Kier molecular flexibility index (Phi) is 7.37. The van der Waals surface area contributed by atoms with Crippen molar-refractivity contribution in [2.45, 2.75) is 13.3 Å². The van der Waals surface area contributed by atoms with Gasteiger partial charge >= 0.3 is 5.97 Å². The van der Waals surface area contributed by atoms with Crippen LogP contribution in [0, 0.1) is 0 Å². The Labute approximate surface area is 180 Å². The molecule has 31 heavy (non-hydrogen) atoms. The predicted molar refractivity (Wildman–Crippen MR) is 114 cm³/mol. The molecule has 3 amide bonds. The molecule has 0 radical (unpaired) electrons. The molecule has 1 aliphatic rings. The van der Waals surface area contributed by atoms with Gasteiger partial charge in [0.25, 0.3) is 11.8 Å². The molecule has 1 heterocycles. The molecule has 8 nitrogen and oxygen atoms in total. The molecule has 1 N–H and O–H groups in total. The molecule has 2 aromatic carbocycles. The summed E-state index contributed by atoms with van der Waals surface area (Å²) in [5.41, 5.74) is 0.924. The van der Waals surface area contributed by atoms with Gasteiger partial charge in [0, 0.05) is 44.2 Å². The third-order valence-electron chi connectivity index (χ3n) is 4.91. The van der Waals surface area contributed by atoms with Crippen molar-refractivity contribution in [3.63, 3.8) is 0 Å². The largest absolute Gasteiger partial charge is 0.427 e. The van der Waals surface area contributed by atoms with Gasteiger partial charge in [0.05, 0.1) is 6.54 Å². The minimum absolute atomic E-state index is 0.0912. The summed E-state index contributed by atoms with van der Waals surface area (Å²) in [7, 11) is 0. The van der Waals surface area contributed by atoms with Crippen LogP contribution in [-0.4, -0.2) is 66.2 Å². The Morgan fingerprint density at radius 1 is 0.871 bits per heavy atom. The lowest BCUT2D eigenvalue weighted by Gasteiger charge is -2.22. The Bertz CT molecular complexity index is 961. The number of benzene rings is 2. The highest BCUT2D eigenvalue weighted by molar-refractivity contribution is 5.96. The predicted octanol–water partition coefficient (Wildman–Crippen LogP) is 1.72. The summed E-state index contributed by atoms with van der Waals surface area (Å²) in [4.78, 5) is 52.0. The van der Waals surface area contributed by atoms with Crippen LogP contribution in [0.25, 0.3) is 0 Å². The number of carbonyl (C=O) groups is 4. The van der Waals surface area contributed by atoms with Crippen LogP contribution >= 0.6 is 0 Å². The van der Waals surface area contributed by atoms with Gasteiger partial charge in [-0.15, -0.1) is 0 Å². The normalized spacial score (nSPS) is 13.8. The van der Waals surface area contributed by atoms with Crippen molar-refractivity contribution in [3.05, 3.63) is 65.7 Å². The zero-order valence-electron chi connectivity index (χ0n) is 17.4. The molecule has 0 bridgehead atoms. The van der Waals surface area contributed by atoms with Crippen molar-refractivity contribution in [1.29, 1.82) is 0 Å². The molecule has 0 aromatic heterocycles. The van der Waals surface area contributed by atoms with Gasteiger partial charge in [0.15, 0.2) is 0 Å². The maximum absolute atomic E-state index is 12.9. The number of amides is 3. The molecule has 1 aliphatic heterocycles. The fraction of sp³-hybridized carbons (Fsp3) is 0.304. The van der Waals surface area contributed by atoms with E-state index in [4.69, 9.17) is 4.74 Å². The minimum atomic E-state index is -0.451. The van der Waals surface area contributed by atoms with Crippen molar-refractivity contribution in [2.75, 3.05) is 32.7 Å². The lowest BCUT2D eigenvalue weighted by atomic mass is 10.2. The van der Waals surface area contributed by atoms with Crippen molar-refractivity contribution in [3.8, 4) is 5.75 Å². The van der Waals surface area contributed by atoms with Gasteiger partial charge in [0.1, 0.15) is 5.75 Å². The summed E-state index contributed by atoms with van der Waals surface area (Å²) in [6, 6.07) is 15.2. The van der Waals surface area contributed by atoms with Gasteiger partial charge < -0.3 is 19.9 Å². The van der Waals surface area contributed by atoms with Gasteiger partial charge in [0.2, 0.25) is 5.91 Å². The standard InChI is InChI=1S/C23H25N3O5/c1-17(27)31-20-10-5-9-19(15-20)23(30)26-12-6-11-25(13-14-26)21(28)16-24-22(29)18-7-3-2-4-8-18/h2-5,7-10,15H,6,11-14,16H2,1H3,(H,24,29). The van der Waals surface area contributed by atoms with E-state index in [1.54, 1.807) is 52.3 Å². The molecule has 0 atom stereocenters. The van der Waals surface area contributed by atoms with E-state index in [0.29, 0.717) is 49.5 Å². The molecular formula is C23H25N3O5. The maximum Gasteiger partial charge on any atom is 0.308 e. The van der Waals surface area contributed by atoms with E-state index in [-0.39, 0.29) is 24.3 Å². The van der Waals surface area contributed by atoms with Gasteiger partial charge in [-0.2, -0.15) is 0 Å². The summed E-state index contributed by atoms with van der Waals surface area (Å²) in [6.07, 6.45) is 0.633. The zero-order chi connectivity index (χ0) is 22.2. The fourth-order valence-electron chi connectivity index (χ4n) is 3.37. The first kappa shape index (κ1) is 22.0. The van der Waals surface area contributed by atoms with Crippen molar-refractivity contribution >= 4 is 23.7 Å². The molecule has 8 heteroatoms. The topological polar surface area (TPSA) is 96.0 Å². The number of nitrogens with zero attached hydrogens (tertiary/aromatic N) is 2. The third-order valence-corrected chi connectivity index (χ3v) is 4.91. The Balaban J connectivity index is 1.54. The molecule has 162 valence electrons. The fourth-order valence-corrected chi connectivity index (χ4v) is 3.37. The first-order valence-corrected chi connectivity index (χ1v) is 10.1. The highest BCUT2D eigenvalue weighted by Gasteiger charge is 2.23. The van der Waals surface area contributed by atoms with E-state index in [1.165, 1.54) is 13.0 Å². The molecule has 0 spiro atoms. The lowest BCUT2D eigenvalue weighted by Crippen LogP contribution is -2.42. The van der Waals surface area contributed by atoms with Crippen LogP contribution in [0.3, 0.4) is 0 Å². The average Bonchev–Trinajstić information content (AvgIpc) is 3.03. The highest BCUT2D eigenvalue weighted by atomic mass is 16.5. The first-order chi connectivity index (χ1) is 14.9. The van der Waals surface area contributed by atoms with Crippen LogP contribution < -0.4 is 10.1 Å². The second-order valence-electron chi connectivity index (χ2n) is 7.20. The number of ether oxygens (including phenoxy) is 1. The third kappa shape index (κ3) is 6.15. The number of nitrogens with one attached hydrogen (secondary N) is 1. The Morgan fingerprint density at radius 3 is 2.29 bits per heavy atom. The molecule has 0 unspecified atom stereocenters. The maximum atomic E-state index is 12.9. The van der Waals surface area contributed by atoms with E-state index < -0.39 is 5.97 Å². The molecule has 0 saturated carbocycles. The molecular weight excluding hydrogens is 398 g/mol. The highest BCUT2D eigenvalue weighted by Crippen LogP contribution is 2.16. The SMILES string of the molecule is CC(=O)Oc1cccc(C(=O)N2CCCN(C(=O)CNC(=O)c3ccccc3)CC2)c1. The van der Waals surface area contributed by atoms with Crippen LogP contribution in [0.5, 0.6) is 5.75 Å². The molecule has 1 fully saturated rings. The van der Waals surface area contributed by atoms with E-state index in [0.717, 1.165) is 0 Å². The summed E-state index contributed by atoms with van der Waals surface area (Å²) in [5, 5.41) is 2.65.